The number of aliphatic hydroxyl groups excluding tert-OH is 3. The molecule has 1 amide bonds. The van der Waals surface area contributed by atoms with Gasteiger partial charge in [-0.05, 0) is 209 Å². The van der Waals surface area contributed by atoms with Crippen LogP contribution >= 0.6 is 69.6 Å². The van der Waals surface area contributed by atoms with Crippen LogP contribution in [0.4, 0.5) is 38.5 Å². The minimum absolute atomic E-state index is 0.0277. The van der Waals surface area contributed by atoms with Gasteiger partial charge in [0.1, 0.15) is 19.3 Å². The molecule has 0 spiro atoms. The van der Waals surface area contributed by atoms with Crippen molar-refractivity contribution in [2.45, 2.75) is 105 Å². The number of carboxylic acid groups (broad SMARTS) is 1. The van der Waals surface area contributed by atoms with E-state index in [9.17, 15) is 54.2 Å². The first-order valence-corrected chi connectivity index (χ1v) is 40.7. The van der Waals surface area contributed by atoms with E-state index in [0.29, 0.717) is 90.9 Å². The normalized spacial score (nSPS) is 23.6. The number of nitrogens with one attached hydrogen (secondary N) is 2. The SMILES string of the molecule is COC(=O)C1(O)CCN(c2ccc(Cl)cc2)C1.N#CC1(O)CCN(c2ccc(Cl)cc2)C1.O=C(N[C@H](CN1CCCC1)[C@H](O)c1cc(F)c2c(c1)OCCO2)[C@]1(O)CCN(c2ccc(Cl)cc2)C1.O=C(O)C1(O)CCN(c2ccc(Cl)cc2)C1.O=C1CCN(c2ccc(Cl)cc2)C1.OC1CCN(c2ccc(Cl)cc2)C1.OC1CCNC1. The number of amides is 1. The first-order chi connectivity index (χ1) is 55.4. The zero-order valence-corrected chi connectivity index (χ0v) is 68.8. The van der Waals surface area contributed by atoms with E-state index < -0.39 is 58.2 Å². The van der Waals surface area contributed by atoms with Gasteiger partial charge in [0.2, 0.25) is 0 Å². The lowest BCUT2D eigenvalue weighted by Gasteiger charge is -2.32. The molecule has 0 aliphatic carbocycles. The third-order valence-electron chi connectivity index (χ3n) is 21.3. The Bertz CT molecular complexity index is 4410. The summed E-state index contributed by atoms with van der Waals surface area (Å²) in [7, 11) is 1.28. The average Bonchev–Trinajstić information content (AvgIpc) is 1.80. The van der Waals surface area contributed by atoms with E-state index in [2.05, 4.69) is 30.1 Å². The molecular weight excluding hydrogens is 1620 g/mol. The number of hydrogen-bond donors (Lipinski definition) is 10. The van der Waals surface area contributed by atoms with Crippen LogP contribution in [-0.4, -0.2) is 242 Å². The Hall–Kier alpha value is -8.18. The molecular formula is C84H99Cl6FN10O15. The number of rotatable bonds is 14. The molecule has 25 nitrogen and oxygen atoms in total. The number of fused-ring (bicyclic) bond motifs is 1. The standard InChI is InChI=1S/C26H31ClFN3O5.C12H14ClNO3.C11H11ClN2O.C11H12ClNO3.C10H12ClNO.C10H10ClNO.C4H9NO/c27-18-3-5-19(6-4-18)31-10-7-26(34,16-31)25(33)29-21(15-30-8-1-2-9-30)23(32)17-13-20(28)24-22(14-17)35-11-12-36-24;1-17-11(15)12(16)6-7-14(8-12)10-4-2-9(13)3-5-10;12-9-1-3-10(4-2-9)14-6-5-11(15,7-13)8-14;12-8-1-3-9(4-2-8)13-6-5-11(16,7-13)10(14)15;2*11-8-1-3-9(4-2-8)12-6-5-10(13)7-12;6-4-1-2-5-3-4/h3-6,13-14,21,23,32,34H,1-2,7-12,15-16H2,(H,29,33);2-5,16H,6-8H2,1H3;1-4,15H,5-6,8H2;1-4,16H,5-7H2,(H,14,15);1-4,10,13H,5-7H2;1-4H,5-7H2;4-6H,1-3H2/t21-,23-,26+;;;;;;/m1....../s1. The maximum absolute atomic E-state index is 14.7. The summed E-state index contributed by atoms with van der Waals surface area (Å²) in [5.74, 6) is -2.34. The lowest BCUT2D eigenvalue weighted by molar-refractivity contribution is -0.160. The molecule has 624 valence electrons. The van der Waals surface area contributed by atoms with Gasteiger partial charge >= 0.3 is 11.9 Å². The highest BCUT2D eigenvalue weighted by atomic mass is 35.5. The molecule has 9 heterocycles. The minimum Gasteiger partial charge on any atom is -0.486 e. The maximum Gasteiger partial charge on any atom is 0.339 e. The van der Waals surface area contributed by atoms with Gasteiger partial charge in [0.05, 0.1) is 64.2 Å². The summed E-state index contributed by atoms with van der Waals surface area (Å²) in [4.78, 5) is 60.8. The molecule has 0 saturated carbocycles. The summed E-state index contributed by atoms with van der Waals surface area (Å²) in [6, 6.07) is 48.3. The Labute approximate surface area is 704 Å². The third-order valence-corrected chi connectivity index (χ3v) is 22.8. The molecule has 9 aliphatic rings. The van der Waals surface area contributed by atoms with Crippen LogP contribution < -0.4 is 49.5 Å². The number of methoxy groups -OCH3 is 1. The fraction of sp³-hybridized carbons (Fsp3) is 0.440. The molecule has 0 aromatic heterocycles. The molecule has 0 radical (unpaired) electrons. The van der Waals surface area contributed by atoms with Crippen molar-refractivity contribution in [2.24, 2.45) is 0 Å². The highest BCUT2D eigenvalue weighted by Crippen LogP contribution is 2.39. The second-order valence-corrected chi connectivity index (χ2v) is 32.5. The summed E-state index contributed by atoms with van der Waals surface area (Å²) in [5.41, 5.74) is 0.331. The number of anilines is 6. The number of benzene rings is 7. The molecule has 7 aromatic carbocycles. The van der Waals surface area contributed by atoms with E-state index in [4.69, 9.17) is 94.6 Å². The van der Waals surface area contributed by atoms with Gasteiger partial charge < -0.3 is 100.0 Å². The van der Waals surface area contributed by atoms with Crippen molar-refractivity contribution in [3.63, 3.8) is 0 Å². The van der Waals surface area contributed by atoms with Crippen molar-refractivity contribution in [1.82, 2.24) is 15.5 Å². The average molecular weight is 1720 g/mol. The van der Waals surface area contributed by atoms with E-state index in [1.165, 1.54) is 13.2 Å². The number of nitrogens with zero attached hydrogens (tertiary/aromatic N) is 8. The number of ketones is 1. The Morgan fingerprint density at radius 2 is 1.00 bits per heavy atom. The number of ether oxygens (including phenoxy) is 3. The number of aliphatic hydroxyl groups is 7. The van der Waals surface area contributed by atoms with Crippen molar-refractivity contribution in [2.75, 3.05) is 161 Å². The molecule has 8 fully saturated rings. The van der Waals surface area contributed by atoms with Crippen LogP contribution in [0.15, 0.2) is 158 Å². The van der Waals surface area contributed by atoms with Crippen LogP contribution in [0, 0.1) is 17.1 Å². The van der Waals surface area contributed by atoms with Crippen molar-refractivity contribution >= 4 is 127 Å². The molecule has 5 unspecified atom stereocenters. The van der Waals surface area contributed by atoms with E-state index in [0.717, 1.165) is 116 Å². The van der Waals surface area contributed by atoms with Crippen LogP contribution in [0.2, 0.25) is 30.1 Å². The van der Waals surface area contributed by atoms with Gasteiger partial charge in [-0.25, -0.2) is 14.0 Å². The Balaban J connectivity index is 0.000000152. The number of carboxylic acids is 1. The van der Waals surface area contributed by atoms with Gasteiger partial charge in [0, 0.05) is 155 Å². The predicted octanol–water partition coefficient (Wildman–Crippen LogP) is 10.5. The third kappa shape index (κ3) is 25.4. The van der Waals surface area contributed by atoms with Gasteiger partial charge in [-0.3, -0.25) is 9.59 Å². The molecule has 16 rings (SSSR count). The molecule has 32 heteroatoms. The highest BCUT2D eigenvalue weighted by Gasteiger charge is 2.47. The fourth-order valence-electron chi connectivity index (χ4n) is 14.5. The number of hydrogen-bond acceptors (Lipinski definition) is 23. The molecule has 9 aliphatic heterocycles. The number of carbonyl (C=O) groups excluding carboxylic acids is 3. The molecule has 10 N–H and O–H groups in total. The van der Waals surface area contributed by atoms with Gasteiger partial charge in [-0.2, -0.15) is 5.26 Å². The van der Waals surface area contributed by atoms with E-state index in [-0.39, 0.29) is 75.0 Å². The number of nitriles is 1. The van der Waals surface area contributed by atoms with Crippen molar-refractivity contribution < 1.29 is 78.6 Å². The number of halogens is 7. The quantitative estimate of drug-likeness (QED) is 0.0357. The number of Topliss-reactive ketones (excluding diaryl/α,β-unsaturated/α-hetero) is 1. The van der Waals surface area contributed by atoms with E-state index >= 15 is 0 Å². The Morgan fingerprint density at radius 1 is 0.569 bits per heavy atom. The molecule has 7 aromatic rings. The highest BCUT2D eigenvalue weighted by molar-refractivity contribution is 6.32. The van der Waals surface area contributed by atoms with Gasteiger partial charge in [-0.15, -0.1) is 0 Å². The predicted molar refractivity (Wildman–Crippen MR) is 449 cm³/mol. The maximum atomic E-state index is 14.7. The summed E-state index contributed by atoms with van der Waals surface area (Å²) < 4.78 is 30.2. The number of aliphatic carboxylic acids is 1. The zero-order valence-electron chi connectivity index (χ0n) is 64.3. The first-order valence-electron chi connectivity index (χ1n) is 38.5. The summed E-state index contributed by atoms with van der Waals surface area (Å²) >= 11 is 34.9. The van der Waals surface area contributed by atoms with Crippen molar-refractivity contribution in [3.8, 4) is 17.6 Å². The van der Waals surface area contributed by atoms with Crippen LogP contribution in [0.25, 0.3) is 0 Å². The fourth-order valence-corrected chi connectivity index (χ4v) is 15.3. The Kier molecular flexibility index (Phi) is 32.6. The first kappa shape index (κ1) is 90.2. The van der Waals surface area contributed by atoms with Crippen LogP contribution in [0.5, 0.6) is 11.5 Å². The monoisotopic (exact) mass is 1720 g/mol. The Morgan fingerprint density at radius 3 is 1.40 bits per heavy atom. The summed E-state index contributed by atoms with van der Waals surface area (Å²) in [5, 5.41) is 97.8. The number of esters is 1. The number of β-amino-alcohol motifs (C(OH)–C–C–N with tert-alkyl or cyclic N) is 6. The second-order valence-electron chi connectivity index (χ2n) is 29.9. The summed E-state index contributed by atoms with van der Waals surface area (Å²) in [6.45, 7) is 10.6. The summed E-state index contributed by atoms with van der Waals surface area (Å²) in [6.07, 6.45) is 4.44. The molecule has 8 atom stereocenters. The van der Waals surface area contributed by atoms with Crippen molar-refractivity contribution in [3.05, 3.63) is 199 Å². The number of likely N-dealkylation sites (tertiary alicyclic amines) is 1. The van der Waals surface area contributed by atoms with Crippen LogP contribution in [0.1, 0.15) is 69.5 Å². The van der Waals surface area contributed by atoms with Crippen LogP contribution in [0.3, 0.4) is 0 Å². The van der Waals surface area contributed by atoms with Gasteiger partial charge in [-0.1, -0.05) is 69.6 Å². The minimum atomic E-state index is -1.63. The van der Waals surface area contributed by atoms with Crippen molar-refractivity contribution in [1.29, 1.82) is 5.26 Å². The molecule has 8 saturated heterocycles. The van der Waals surface area contributed by atoms with E-state index in [1.807, 2.05) is 123 Å². The largest absolute Gasteiger partial charge is 0.486 e. The molecule has 116 heavy (non-hydrogen) atoms. The molecule has 0 bridgehead atoms. The lowest BCUT2D eigenvalue weighted by Crippen LogP contribution is -2.55. The van der Waals surface area contributed by atoms with E-state index in [1.54, 1.807) is 54.6 Å². The topological polar surface area (TPSA) is 328 Å². The van der Waals surface area contributed by atoms with Crippen LogP contribution in [-0.2, 0) is 23.9 Å². The smallest absolute Gasteiger partial charge is 0.339 e. The zero-order chi connectivity index (χ0) is 83.3. The second kappa shape index (κ2) is 42.0. The van der Waals surface area contributed by atoms with Gasteiger partial charge in [0.25, 0.3) is 5.91 Å². The number of carbonyl (C=O) groups is 4. The van der Waals surface area contributed by atoms with Gasteiger partial charge in [0.15, 0.2) is 45.5 Å². The lowest BCUT2D eigenvalue weighted by atomic mass is 9.97.